The highest BCUT2D eigenvalue weighted by atomic mass is 16.5. The summed E-state index contributed by atoms with van der Waals surface area (Å²) in [5.41, 5.74) is 7.32. The van der Waals surface area contributed by atoms with Gasteiger partial charge in [-0.1, -0.05) is 5.16 Å². The van der Waals surface area contributed by atoms with Crippen LogP contribution >= 0.6 is 0 Å². The van der Waals surface area contributed by atoms with Gasteiger partial charge in [-0.05, 0) is 30.7 Å². The number of benzene rings is 1. The third-order valence-electron chi connectivity index (χ3n) is 2.30. The smallest absolute Gasteiger partial charge is 0.240 e. The lowest BCUT2D eigenvalue weighted by Gasteiger charge is -2.04. The number of hydrogen-bond donors (Lipinski definition) is 1. The van der Waals surface area contributed by atoms with E-state index in [1.165, 1.54) is 0 Å². The van der Waals surface area contributed by atoms with Crippen LogP contribution in [0.3, 0.4) is 0 Å². The first kappa shape index (κ1) is 10.6. The van der Waals surface area contributed by atoms with E-state index in [2.05, 4.69) is 10.1 Å². The molecule has 2 rings (SSSR count). The lowest BCUT2D eigenvalue weighted by atomic mass is 10.1. The molecule has 0 spiro atoms. The van der Waals surface area contributed by atoms with Crippen LogP contribution in [0.4, 0.5) is 0 Å². The van der Waals surface area contributed by atoms with Crippen LogP contribution in [0, 0.1) is 6.92 Å². The molecule has 16 heavy (non-hydrogen) atoms. The molecule has 0 fully saturated rings. The molecule has 0 aliphatic rings. The van der Waals surface area contributed by atoms with Crippen LogP contribution in [0.2, 0.25) is 0 Å². The van der Waals surface area contributed by atoms with Crippen molar-refractivity contribution < 1.29 is 9.26 Å². The van der Waals surface area contributed by atoms with Gasteiger partial charge in [-0.3, -0.25) is 0 Å². The first-order valence-corrected chi connectivity index (χ1v) is 4.92. The maximum Gasteiger partial charge on any atom is 0.240 e. The van der Waals surface area contributed by atoms with Gasteiger partial charge in [-0.25, -0.2) is 0 Å². The minimum absolute atomic E-state index is 0.252. The van der Waals surface area contributed by atoms with Crippen LogP contribution in [-0.4, -0.2) is 17.3 Å². The Kier molecular flexibility index (Phi) is 2.87. The summed E-state index contributed by atoms with van der Waals surface area (Å²) in [6.07, 6.45) is 0. The molecule has 5 nitrogen and oxygen atoms in total. The van der Waals surface area contributed by atoms with Gasteiger partial charge in [0.25, 0.3) is 0 Å². The molecule has 1 aromatic heterocycles. The van der Waals surface area contributed by atoms with Crippen molar-refractivity contribution in [1.82, 2.24) is 10.1 Å². The van der Waals surface area contributed by atoms with Crippen molar-refractivity contribution in [2.45, 2.75) is 13.5 Å². The monoisotopic (exact) mass is 219 g/mol. The van der Waals surface area contributed by atoms with Crippen LogP contribution in [0.15, 0.2) is 22.7 Å². The SMILES string of the molecule is COc1ccc(-c2noc(CN)n2)cc1C. The number of ether oxygens (including phenoxy) is 1. The van der Waals surface area contributed by atoms with E-state index < -0.39 is 0 Å². The second-order valence-electron chi connectivity index (χ2n) is 3.40. The highest BCUT2D eigenvalue weighted by Gasteiger charge is 2.08. The van der Waals surface area contributed by atoms with Crippen LogP contribution < -0.4 is 10.5 Å². The third kappa shape index (κ3) is 1.90. The summed E-state index contributed by atoms with van der Waals surface area (Å²) < 4.78 is 10.1. The normalized spacial score (nSPS) is 10.4. The lowest BCUT2D eigenvalue weighted by molar-refractivity contribution is 0.380. The Morgan fingerprint density at radius 1 is 1.44 bits per heavy atom. The molecule has 2 aromatic rings. The Morgan fingerprint density at radius 3 is 2.81 bits per heavy atom. The molecule has 0 unspecified atom stereocenters. The minimum atomic E-state index is 0.252. The Bertz CT molecular complexity index is 494. The maximum absolute atomic E-state index is 5.40. The zero-order valence-corrected chi connectivity index (χ0v) is 9.23. The topological polar surface area (TPSA) is 74.2 Å². The molecule has 1 heterocycles. The number of nitrogens with zero attached hydrogens (tertiary/aromatic N) is 2. The lowest BCUT2D eigenvalue weighted by Crippen LogP contribution is -1.95. The Balaban J connectivity index is 2.37. The molecule has 0 saturated carbocycles. The van der Waals surface area contributed by atoms with Gasteiger partial charge in [-0.15, -0.1) is 0 Å². The van der Waals surface area contributed by atoms with Gasteiger partial charge in [0.05, 0.1) is 13.7 Å². The summed E-state index contributed by atoms with van der Waals surface area (Å²) in [5, 5.41) is 3.85. The van der Waals surface area contributed by atoms with Crippen LogP contribution in [0.1, 0.15) is 11.5 Å². The van der Waals surface area contributed by atoms with E-state index in [0.717, 1.165) is 16.9 Å². The van der Waals surface area contributed by atoms with Crippen molar-refractivity contribution in [2.75, 3.05) is 7.11 Å². The van der Waals surface area contributed by atoms with E-state index in [9.17, 15) is 0 Å². The van der Waals surface area contributed by atoms with Crippen molar-refractivity contribution in [2.24, 2.45) is 5.73 Å². The van der Waals surface area contributed by atoms with Crippen LogP contribution in [-0.2, 0) is 6.54 Å². The summed E-state index contributed by atoms with van der Waals surface area (Å²) >= 11 is 0. The van der Waals surface area contributed by atoms with E-state index in [4.69, 9.17) is 15.0 Å². The zero-order chi connectivity index (χ0) is 11.5. The standard InChI is InChI=1S/C11H13N3O2/c1-7-5-8(3-4-9(7)15-2)11-13-10(6-12)16-14-11/h3-5H,6,12H2,1-2H3. The van der Waals surface area contributed by atoms with Gasteiger partial charge in [-0.2, -0.15) is 4.98 Å². The van der Waals surface area contributed by atoms with Gasteiger partial charge in [0, 0.05) is 5.56 Å². The van der Waals surface area contributed by atoms with E-state index in [-0.39, 0.29) is 6.54 Å². The Labute approximate surface area is 93.2 Å². The predicted octanol–water partition coefficient (Wildman–Crippen LogP) is 1.51. The second kappa shape index (κ2) is 4.32. The molecular weight excluding hydrogens is 206 g/mol. The maximum atomic E-state index is 5.40. The van der Waals surface area contributed by atoms with Gasteiger partial charge < -0.3 is 15.0 Å². The van der Waals surface area contributed by atoms with Crippen molar-refractivity contribution in [3.8, 4) is 17.1 Å². The average molecular weight is 219 g/mol. The molecule has 0 radical (unpaired) electrons. The molecule has 0 amide bonds. The largest absolute Gasteiger partial charge is 0.496 e. The highest BCUT2D eigenvalue weighted by Crippen LogP contribution is 2.23. The molecule has 84 valence electrons. The summed E-state index contributed by atoms with van der Waals surface area (Å²) in [5.74, 6) is 1.82. The fourth-order valence-corrected chi connectivity index (χ4v) is 1.47. The number of methoxy groups -OCH3 is 1. The van der Waals surface area contributed by atoms with E-state index >= 15 is 0 Å². The van der Waals surface area contributed by atoms with Gasteiger partial charge in [0.15, 0.2) is 0 Å². The van der Waals surface area contributed by atoms with Gasteiger partial charge >= 0.3 is 0 Å². The molecule has 0 atom stereocenters. The van der Waals surface area contributed by atoms with E-state index in [1.54, 1.807) is 7.11 Å². The first-order chi connectivity index (χ1) is 7.74. The number of aryl methyl sites for hydroxylation is 1. The fraction of sp³-hybridized carbons (Fsp3) is 0.273. The van der Waals surface area contributed by atoms with Crippen molar-refractivity contribution in [3.05, 3.63) is 29.7 Å². The van der Waals surface area contributed by atoms with E-state index in [1.807, 2.05) is 25.1 Å². The molecular formula is C11H13N3O2. The summed E-state index contributed by atoms with van der Waals surface area (Å²) in [6, 6.07) is 5.71. The van der Waals surface area contributed by atoms with Crippen molar-refractivity contribution in [1.29, 1.82) is 0 Å². The fourth-order valence-electron chi connectivity index (χ4n) is 1.47. The second-order valence-corrected chi connectivity index (χ2v) is 3.40. The molecule has 0 saturated heterocycles. The van der Waals surface area contributed by atoms with Gasteiger partial charge in [0.1, 0.15) is 5.75 Å². The zero-order valence-electron chi connectivity index (χ0n) is 9.23. The van der Waals surface area contributed by atoms with Crippen LogP contribution in [0.5, 0.6) is 5.75 Å². The van der Waals surface area contributed by atoms with Crippen molar-refractivity contribution in [3.63, 3.8) is 0 Å². The third-order valence-corrected chi connectivity index (χ3v) is 2.30. The minimum Gasteiger partial charge on any atom is -0.496 e. The molecule has 1 aromatic carbocycles. The summed E-state index contributed by atoms with van der Waals surface area (Å²) in [6.45, 7) is 2.22. The molecule has 2 N–H and O–H groups in total. The summed E-state index contributed by atoms with van der Waals surface area (Å²) in [7, 11) is 1.64. The molecule has 0 aliphatic carbocycles. The molecule has 0 bridgehead atoms. The molecule has 0 aliphatic heterocycles. The van der Waals surface area contributed by atoms with E-state index in [0.29, 0.717) is 11.7 Å². The quantitative estimate of drug-likeness (QED) is 0.847. The summed E-state index contributed by atoms with van der Waals surface area (Å²) in [4.78, 5) is 4.15. The predicted molar refractivity (Wildman–Crippen MR) is 58.9 cm³/mol. The van der Waals surface area contributed by atoms with Crippen molar-refractivity contribution >= 4 is 0 Å². The van der Waals surface area contributed by atoms with Crippen LogP contribution in [0.25, 0.3) is 11.4 Å². The van der Waals surface area contributed by atoms with Gasteiger partial charge in [0.2, 0.25) is 11.7 Å². The first-order valence-electron chi connectivity index (χ1n) is 4.92. The number of aromatic nitrogens is 2. The Hall–Kier alpha value is -1.88. The highest BCUT2D eigenvalue weighted by molar-refractivity contribution is 5.58. The molecule has 5 heteroatoms. The Morgan fingerprint density at radius 2 is 2.25 bits per heavy atom. The number of rotatable bonds is 3. The average Bonchev–Trinajstić information content (AvgIpc) is 2.77. The number of nitrogens with two attached hydrogens (primary N) is 1. The number of hydrogen-bond acceptors (Lipinski definition) is 5.